The second-order valence-corrected chi connectivity index (χ2v) is 5.86. The van der Waals surface area contributed by atoms with Crippen LogP contribution in [-0.2, 0) is 0 Å². The average molecular weight is 259 g/mol. The molecule has 0 saturated carbocycles. The smallest absolute Gasteiger partial charge is 0.179 e. The molecule has 0 spiro atoms. The van der Waals surface area contributed by atoms with Crippen LogP contribution < -0.4 is 0 Å². The Balaban J connectivity index is 1.78. The van der Waals surface area contributed by atoms with Crippen LogP contribution >= 0.6 is 0 Å². The number of Topliss-reactive ketones (excluding diaryl/α,β-unsaturated/α-hetero) is 1. The van der Waals surface area contributed by atoms with Gasteiger partial charge >= 0.3 is 0 Å². The number of rotatable bonds is 3. The van der Waals surface area contributed by atoms with Crippen molar-refractivity contribution in [2.24, 2.45) is 0 Å². The number of ketones is 1. The molecule has 3 unspecified atom stereocenters. The summed E-state index contributed by atoms with van der Waals surface area (Å²) < 4.78 is 0. The first-order valence-corrected chi connectivity index (χ1v) is 7.21. The highest BCUT2D eigenvalue weighted by Gasteiger charge is 2.43. The number of aliphatic hydroxyl groups is 1. The maximum atomic E-state index is 12.5. The molecule has 3 heteroatoms. The zero-order chi connectivity index (χ0) is 13.4. The first-order valence-electron chi connectivity index (χ1n) is 7.21. The van der Waals surface area contributed by atoms with E-state index in [4.69, 9.17) is 0 Å². The SMILES string of the molecule is CC(C(=O)c1ccccc1)N1C2CCC1CC(O)C2. The minimum atomic E-state index is -0.173. The third kappa shape index (κ3) is 2.33. The Hall–Kier alpha value is -1.19. The van der Waals surface area contributed by atoms with Crippen LogP contribution in [0.1, 0.15) is 43.0 Å². The van der Waals surface area contributed by atoms with E-state index in [9.17, 15) is 9.90 Å². The van der Waals surface area contributed by atoms with Gasteiger partial charge in [-0.05, 0) is 32.6 Å². The van der Waals surface area contributed by atoms with Gasteiger partial charge in [-0.25, -0.2) is 0 Å². The van der Waals surface area contributed by atoms with Gasteiger partial charge in [-0.1, -0.05) is 30.3 Å². The molecule has 2 saturated heterocycles. The first kappa shape index (κ1) is 12.8. The third-order valence-electron chi connectivity index (χ3n) is 4.65. The molecule has 2 fully saturated rings. The number of aliphatic hydroxyl groups excluding tert-OH is 1. The molecule has 3 nitrogen and oxygen atoms in total. The Morgan fingerprint density at radius 2 is 1.79 bits per heavy atom. The molecule has 0 aliphatic carbocycles. The molecule has 2 aliphatic heterocycles. The molecule has 0 radical (unpaired) electrons. The fraction of sp³-hybridized carbons (Fsp3) is 0.562. The summed E-state index contributed by atoms with van der Waals surface area (Å²) in [5.41, 5.74) is 0.792. The van der Waals surface area contributed by atoms with Gasteiger partial charge in [-0.2, -0.15) is 0 Å². The number of hydrogen-bond donors (Lipinski definition) is 1. The second-order valence-electron chi connectivity index (χ2n) is 5.86. The van der Waals surface area contributed by atoms with E-state index in [-0.39, 0.29) is 17.9 Å². The molecule has 3 rings (SSSR count). The molecule has 1 aromatic carbocycles. The molecule has 19 heavy (non-hydrogen) atoms. The van der Waals surface area contributed by atoms with Gasteiger partial charge in [0.2, 0.25) is 0 Å². The molecule has 3 atom stereocenters. The summed E-state index contributed by atoms with van der Waals surface area (Å²) >= 11 is 0. The summed E-state index contributed by atoms with van der Waals surface area (Å²) in [6.45, 7) is 2.01. The lowest BCUT2D eigenvalue weighted by Crippen LogP contribution is -2.51. The maximum Gasteiger partial charge on any atom is 0.179 e. The van der Waals surface area contributed by atoms with E-state index in [0.717, 1.165) is 31.2 Å². The standard InChI is InChI=1S/C16H21NO2/c1-11(16(19)12-5-3-2-4-6-12)17-13-7-8-14(17)10-15(18)9-13/h2-6,11,13-15,18H,7-10H2,1H3. The quantitative estimate of drug-likeness (QED) is 0.846. The topological polar surface area (TPSA) is 40.5 Å². The van der Waals surface area contributed by atoms with Gasteiger partial charge in [0.15, 0.2) is 5.78 Å². The molecule has 1 N–H and O–H groups in total. The minimum absolute atomic E-state index is 0.0765. The predicted octanol–water partition coefficient (Wildman–Crippen LogP) is 2.25. The van der Waals surface area contributed by atoms with E-state index in [0.29, 0.717) is 12.1 Å². The zero-order valence-corrected chi connectivity index (χ0v) is 11.3. The summed E-state index contributed by atoms with van der Waals surface area (Å²) in [6.07, 6.45) is 3.71. The van der Waals surface area contributed by atoms with Crippen molar-refractivity contribution in [1.82, 2.24) is 4.90 Å². The van der Waals surface area contributed by atoms with Crippen molar-refractivity contribution in [2.75, 3.05) is 0 Å². The fourth-order valence-electron chi connectivity index (χ4n) is 3.80. The van der Waals surface area contributed by atoms with Crippen molar-refractivity contribution in [3.05, 3.63) is 35.9 Å². The molecular weight excluding hydrogens is 238 g/mol. The molecule has 1 aromatic rings. The van der Waals surface area contributed by atoms with Crippen LogP contribution in [0.15, 0.2) is 30.3 Å². The van der Waals surface area contributed by atoms with Crippen molar-refractivity contribution >= 4 is 5.78 Å². The van der Waals surface area contributed by atoms with Crippen LogP contribution in [0.2, 0.25) is 0 Å². The summed E-state index contributed by atoms with van der Waals surface area (Å²) in [5.74, 6) is 0.203. The van der Waals surface area contributed by atoms with E-state index in [1.165, 1.54) is 0 Å². The van der Waals surface area contributed by atoms with E-state index >= 15 is 0 Å². The first-order chi connectivity index (χ1) is 9.16. The number of carbonyl (C=O) groups excluding carboxylic acids is 1. The van der Waals surface area contributed by atoms with Gasteiger partial charge in [0, 0.05) is 17.6 Å². The van der Waals surface area contributed by atoms with Crippen LogP contribution in [0.4, 0.5) is 0 Å². The fourth-order valence-corrected chi connectivity index (χ4v) is 3.80. The molecule has 0 amide bonds. The maximum absolute atomic E-state index is 12.5. The van der Waals surface area contributed by atoms with Gasteiger partial charge in [0.1, 0.15) is 0 Å². The number of benzene rings is 1. The lowest BCUT2D eigenvalue weighted by molar-refractivity contribution is 0.0155. The molecule has 2 bridgehead atoms. The number of hydrogen-bond acceptors (Lipinski definition) is 3. The minimum Gasteiger partial charge on any atom is -0.393 e. The lowest BCUT2D eigenvalue weighted by atomic mass is 9.95. The number of piperidine rings is 1. The molecule has 2 aliphatic rings. The number of fused-ring (bicyclic) bond motifs is 2. The Kier molecular flexibility index (Phi) is 3.42. The Labute approximate surface area is 114 Å². The van der Waals surface area contributed by atoms with E-state index < -0.39 is 0 Å². The predicted molar refractivity (Wildman–Crippen MR) is 74.1 cm³/mol. The highest BCUT2D eigenvalue weighted by molar-refractivity contribution is 5.99. The molecule has 102 valence electrons. The van der Waals surface area contributed by atoms with Gasteiger partial charge < -0.3 is 5.11 Å². The number of carbonyl (C=O) groups is 1. The van der Waals surface area contributed by atoms with Gasteiger partial charge in [-0.15, -0.1) is 0 Å². The van der Waals surface area contributed by atoms with Crippen LogP contribution in [0, 0.1) is 0 Å². The largest absolute Gasteiger partial charge is 0.393 e. The van der Waals surface area contributed by atoms with Crippen molar-refractivity contribution in [3.63, 3.8) is 0 Å². The van der Waals surface area contributed by atoms with E-state index in [2.05, 4.69) is 4.90 Å². The summed E-state index contributed by atoms with van der Waals surface area (Å²) in [5, 5.41) is 9.83. The summed E-state index contributed by atoms with van der Waals surface area (Å²) in [6, 6.07) is 10.2. The van der Waals surface area contributed by atoms with E-state index in [1.54, 1.807) is 0 Å². The Bertz CT molecular complexity index is 445. The highest BCUT2D eigenvalue weighted by Crippen LogP contribution is 2.37. The second kappa shape index (κ2) is 5.06. The van der Waals surface area contributed by atoms with Crippen LogP contribution in [-0.4, -0.2) is 40.0 Å². The van der Waals surface area contributed by atoms with E-state index in [1.807, 2.05) is 37.3 Å². The molecule has 2 heterocycles. The van der Waals surface area contributed by atoms with Crippen LogP contribution in [0.3, 0.4) is 0 Å². The molecule has 0 aromatic heterocycles. The Morgan fingerprint density at radius 1 is 1.21 bits per heavy atom. The Morgan fingerprint density at radius 3 is 2.37 bits per heavy atom. The zero-order valence-electron chi connectivity index (χ0n) is 11.3. The van der Waals surface area contributed by atoms with Gasteiger partial charge in [0.05, 0.1) is 12.1 Å². The lowest BCUT2D eigenvalue weighted by Gasteiger charge is -2.40. The summed E-state index contributed by atoms with van der Waals surface area (Å²) in [7, 11) is 0. The van der Waals surface area contributed by atoms with Gasteiger partial charge in [-0.3, -0.25) is 9.69 Å². The highest BCUT2D eigenvalue weighted by atomic mass is 16.3. The third-order valence-corrected chi connectivity index (χ3v) is 4.65. The normalized spacial score (nSPS) is 32.2. The van der Waals surface area contributed by atoms with Crippen molar-refractivity contribution in [3.8, 4) is 0 Å². The average Bonchev–Trinajstić information content (AvgIpc) is 2.70. The van der Waals surface area contributed by atoms with Crippen molar-refractivity contribution in [2.45, 2.75) is 56.8 Å². The number of nitrogens with zero attached hydrogens (tertiary/aromatic N) is 1. The van der Waals surface area contributed by atoms with Crippen LogP contribution in [0.25, 0.3) is 0 Å². The van der Waals surface area contributed by atoms with Crippen molar-refractivity contribution < 1.29 is 9.90 Å². The van der Waals surface area contributed by atoms with Gasteiger partial charge in [0.25, 0.3) is 0 Å². The molecular formula is C16H21NO2. The van der Waals surface area contributed by atoms with Crippen LogP contribution in [0.5, 0.6) is 0 Å². The summed E-state index contributed by atoms with van der Waals surface area (Å²) in [4.78, 5) is 14.9. The monoisotopic (exact) mass is 259 g/mol. The van der Waals surface area contributed by atoms with Crippen molar-refractivity contribution in [1.29, 1.82) is 0 Å².